The number of rotatable bonds is 6. The van der Waals surface area contributed by atoms with Gasteiger partial charge in [0.05, 0.1) is 6.61 Å². The molecular formula is C14H30N2O. The van der Waals surface area contributed by atoms with E-state index in [0.717, 1.165) is 19.1 Å². The van der Waals surface area contributed by atoms with Gasteiger partial charge >= 0.3 is 0 Å². The van der Waals surface area contributed by atoms with Crippen LogP contribution < -0.4 is 5.32 Å². The minimum atomic E-state index is 0.268. The molecule has 1 rings (SSSR count). The maximum absolute atomic E-state index is 5.43. The quantitative estimate of drug-likeness (QED) is 0.772. The third-order valence-electron chi connectivity index (χ3n) is 4.33. The van der Waals surface area contributed by atoms with Crippen molar-refractivity contribution in [3.63, 3.8) is 0 Å². The molecule has 0 aromatic carbocycles. The van der Waals surface area contributed by atoms with Crippen molar-refractivity contribution in [2.75, 3.05) is 34.4 Å². The fourth-order valence-electron chi connectivity index (χ4n) is 3.42. The van der Waals surface area contributed by atoms with E-state index in [9.17, 15) is 0 Å². The minimum Gasteiger partial charge on any atom is -0.383 e. The summed E-state index contributed by atoms with van der Waals surface area (Å²) in [7, 11) is 6.25. The number of hydrogen-bond donors (Lipinski definition) is 1. The highest BCUT2D eigenvalue weighted by Crippen LogP contribution is 2.38. The van der Waals surface area contributed by atoms with Crippen molar-refractivity contribution in [3.8, 4) is 0 Å². The van der Waals surface area contributed by atoms with Crippen molar-refractivity contribution in [3.05, 3.63) is 0 Å². The van der Waals surface area contributed by atoms with Crippen LogP contribution in [0.5, 0.6) is 0 Å². The SMILES string of the molecule is CCNC(COC)C1(N(C)C)CCCC(C)C1. The van der Waals surface area contributed by atoms with E-state index in [-0.39, 0.29) is 5.54 Å². The van der Waals surface area contributed by atoms with Crippen LogP contribution in [-0.2, 0) is 4.74 Å². The van der Waals surface area contributed by atoms with E-state index in [1.165, 1.54) is 25.7 Å². The Hall–Kier alpha value is -0.120. The lowest BCUT2D eigenvalue weighted by atomic mass is 9.71. The fraction of sp³-hybridized carbons (Fsp3) is 1.00. The summed E-state index contributed by atoms with van der Waals surface area (Å²) in [5.41, 5.74) is 0.268. The van der Waals surface area contributed by atoms with E-state index < -0.39 is 0 Å². The molecule has 3 unspecified atom stereocenters. The maximum Gasteiger partial charge on any atom is 0.0633 e. The predicted octanol–water partition coefficient (Wildman–Crippen LogP) is 2.12. The number of ether oxygens (including phenoxy) is 1. The molecule has 0 spiro atoms. The molecule has 0 radical (unpaired) electrons. The summed E-state index contributed by atoms with van der Waals surface area (Å²) in [6, 6.07) is 0.440. The van der Waals surface area contributed by atoms with Crippen LogP contribution in [-0.4, -0.2) is 50.8 Å². The molecule has 0 heterocycles. The van der Waals surface area contributed by atoms with E-state index >= 15 is 0 Å². The first-order valence-corrected chi connectivity index (χ1v) is 6.96. The lowest BCUT2D eigenvalue weighted by Gasteiger charge is -2.50. The van der Waals surface area contributed by atoms with Gasteiger partial charge < -0.3 is 15.0 Å². The second-order valence-electron chi connectivity index (χ2n) is 5.77. The van der Waals surface area contributed by atoms with Gasteiger partial charge in [0.1, 0.15) is 0 Å². The summed E-state index contributed by atoms with van der Waals surface area (Å²) in [6.45, 7) is 6.38. The van der Waals surface area contributed by atoms with Gasteiger partial charge in [-0.15, -0.1) is 0 Å². The van der Waals surface area contributed by atoms with Crippen molar-refractivity contribution in [1.29, 1.82) is 0 Å². The van der Waals surface area contributed by atoms with Crippen molar-refractivity contribution in [1.82, 2.24) is 10.2 Å². The standard InChI is InChI=1S/C14H30N2O/c1-6-15-13(11-17-5)14(16(3)4)9-7-8-12(2)10-14/h12-13,15H,6-11H2,1-5H3. The molecule has 17 heavy (non-hydrogen) atoms. The van der Waals surface area contributed by atoms with E-state index in [4.69, 9.17) is 4.74 Å². The average Bonchev–Trinajstić information content (AvgIpc) is 2.28. The second kappa shape index (κ2) is 6.72. The summed E-state index contributed by atoms with van der Waals surface area (Å²) < 4.78 is 5.43. The molecule has 0 amide bonds. The fourth-order valence-corrected chi connectivity index (χ4v) is 3.42. The Kier molecular flexibility index (Phi) is 5.90. The zero-order valence-electron chi connectivity index (χ0n) is 12.3. The van der Waals surface area contributed by atoms with Crippen LogP contribution in [0.3, 0.4) is 0 Å². The van der Waals surface area contributed by atoms with Gasteiger partial charge in [-0.05, 0) is 39.4 Å². The Bertz CT molecular complexity index is 214. The van der Waals surface area contributed by atoms with Crippen LogP contribution >= 0.6 is 0 Å². The summed E-state index contributed by atoms with van der Waals surface area (Å²) in [6.07, 6.45) is 5.28. The van der Waals surface area contributed by atoms with Crippen LogP contribution in [0.4, 0.5) is 0 Å². The largest absolute Gasteiger partial charge is 0.383 e. The van der Waals surface area contributed by atoms with E-state index in [1.807, 2.05) is 0 Å². The molecule has 0 saturated heterocycles. The first-order valence-electron chi connectivity index (χ1n) is 6.96. The van der Waals surface area contributed by atoms with Crippen LogP contribution in [0.15, 0.2) is 0 Å². The first kappa shape index (κ1) is 14.9. The zero-order valence-corrected chi connectivity index (χ0v) is 12.3. The van der Waals surface area contributed by atoms with Crippen LogP contribution in [0, 0.1) is 5.92 Å². The Morgan fingerprint density at radius 2 is 2.18 bits per heavy atom. The van der Waals surface area contributed by atoms with Gasteiger partial charge in [0, 0.05) is 18.7 Å². The smallest absolute Gasteiger partial charge is 0.0633 e. The average molecular weight is 242 g/mol. The number of nitrogens with zero attached hydrogens (tertiary/aromatic N) is 1. The normalized spacial score (nSPS) is 31.8. The summed E-state index contributed by atoms with van der Waals surface area (Å²) in [5.74, 6) is 0.823. The molecule has 3 atom stereocenters. The molecule has 1 fully saturated rings. The summed E-state index contributed by atoms with van der Waals surface area (Å²) in [5, 5.41) is 3.63. The maximum atomic E-state index is 5.43. The molecular weight excluding hydrogens is 212 g/mol. The Morgan fingerprint density at radius 3 is 2.65 bits per heavy atom. The minimum absolute atomic E-state index is 0.268. The van der Waals surface area contributed by atoms with Gasteiger partial charge in [0.15, 0.2) is 0 Å². The number of nitrogens with one attached hydrogen (secondary N) is 1. The van der Waals surface area contributed by atoms with Crippen molar-refractivity contribution in [2.24, 2.45) is 5.92 Å². The molecule has 0 aliphatic heterocycles. The topological polar surface area (TPSA) is 24.5 Å². The molecule has 3 heteroatoms. The van der Waals surface area contributed by atoms with Crippen molar-refractivity contribution < 1.29 is 4.74 Å². The van der Waals surface area contributed by atoms with Gasteiger partial charge in [0.2, 0.25) is 0 Å². The molecule has 0 aromatic rings. The van der Waals surface area contributed by atoms with E-state index in [0.29, 0.717) is 6.04 Å². The molecule has 0 aromatic heterocycles. The number of likely N-dealkylation sites (N-methyl/N-ethyl adjacent to an activating group) is 2. The highest BCUT2D eigenvalue weighted by atomic mass is 16.5. The number of hydrogen-bond acceptors (Lipinski definition) is 3. The Labute approximate surface area is 107 Å². The van der Waals surface area contributed by atoms with Gasteiger partial charge in [-0.3, -0.25) is 0 Å². The summed E-state index contributed by atoms with van der Waals surface area (Å²) in [4.78, 5) is 2.43. The predicted molar refractivity (Wildman–Crippen MR) is 73.4 cm³/mol. The van der Waals surface area contributed by atoms with Crippen molar-refractivity contribution in [2.45, 2.75) is 51.1 Å². The molecule has 3 nitrogen and oxygen atoms in total. The van der Waals surface area contributed by atoms with Gasteiger partial charge in [-0.1, -0.05) is 26.7 Å². The highest BCUT2D eigenvalue weighted by molar-refractivity contribution is 5.01. The van der Waals surface area contributed by atoms with Crippen molar-refractivity contribution >= 4 is 0 Å². The molecule has 1 saturated carbocycles. The molecule has 1 N–H and O–H groups in total. The lowest BCUT2D eigenvalue weighted by Crippen LogP contribution is -2.62. The molecule has 102 valence electrons. The highest BCUT2D eigenvalue weighted by Gasteiger charge is 2.43. The van der Waals surface area contributed by atoms with Gasteiger partial charge in [-0.25, -0.2) is 0 Å². The van der Waals surface area contributed by atoms with Gasteiger partial charge in [-0.2, -0.15) is 0 Å². The van der Waals surface area contributed by atoms with Gasteiger partial charge in [0.25, 0.3) is 0 Å². The third kappa shape index (κ3) is 3.43. The Morgan fingerprint density at radius 1 is 1.47 bits per heavy atom. The Balaban J connectivity index is 2.86. The van der Waals surface area contributed by atoms with Crippen LogP contribution in [0.1, 0.15) is 39.5 Å². The van der Waals surface area contributed by atoms with Crippen LogP contribution in [0.25, 0.3) is 0 Å². The number of methoxy groups -OCH3 is 1. The molecule has 1 aliphatic carbocycles. The van der Waals surface area contributed by atoms with Crippen LogP contribution in [0.2, 0.25) is 0 Å². The monoisotopic (exact) mass is 242 g/mol. The first-order chi connectivity index (χ1) is 8.06. The molecule has 0 bridgehead atoms. The van der Waals surface area contributed by atoms with E-state index in [2.05, 4.69) is 38.2 Å². The summed E-state index contributed by atoms with van der Waals surface area (Å²) >= 11 is 0. The second-order valence-corrected chi connectivity index (χ2v) is 5.77. The lowest BCUT2D eigenvalue weighted by molar-refractivity contribution is 0.00691. The third-order valence-corrected chi connectivity index (χ3v) is 4.33. The molecule has 1 aliphatic rings. The zero-order chi connectivity index (χ0) is 12.9. The van der Waals surface area contributed by atoms with E-state index in [1.54, 1.807) is 7.11 Å².